The summed E-state index contributed by atoms with van der Waals surface area (Å²) in [7, 11) is 0. The van der Waals surface area contributed by atoms with Gasteiger partial charge in [-0.3, -0.25) is 4.90 Å². The average Bonchev–Trinajstić information content (AvgIpc) is 2.42. The number of ether oxygens (including phenoxy) is 1. The smallest absolute Gasteiger partial charge is 0.410 e. The number of hydrogen-bond acceptors (Lipinski definition) is 5. The predicted octanol–water partition coefficient (Wildman–Crippen LogP) is 2.15. The second-order valence-electron chi connectivity index (χ2n) is 6.57. The van der Waals surface area contributed by atoms with Crippen LogP contribution in [0.15, 0.2) is 18.2 Å². The van der Waals surface area contributed by atoms with Gasteiger partial charge in [-0.1, -0.05) is 6.07 Å². The van der Waals surface area contributed by atoms with E-state index in [4.69, 9.17) is 4.74 Å². The molecule has 122 valence electrons. The molecule has 2 N–H and O–H groups in total. The monoisotopic (exact) mass is 308 g/mol. The molecule has 0 bridgehead atoms. The van der Waals surface area contributed by atoms with E-state index >= 15 is 0 Å². The number of nitrogens with zero attached hydrogens (tertiary/aromatic N) is 2. The fourth-order valence-corrected chi connectivity index (χ4v) is 2.34. The Labute approximate surface area is 130 Å². The highest BCUT2D eigenvalue weighted by Crippen LogP contribution is 2.25. The Morgan fingerprint density at radius 2 is 1.77 bits per heavy atom. The molecule has 22 heavy (non-hydrogen) atoms. The Hall–Kier alpha value is -1.95. The molecule has 0 aromatic heterocycles. The first-order valence-electron chi connectivity index (χ1n) is 7.46. The lowest BCUT2D eigenvalue weighted by Crippen LogP contribution is -2.49. The van der Waals surface area contributed by atoms with Crippen molar-refractivity contribution < 1.29 is 19.7 Å². The fourth-order valence-electron chi connectivity index (χ4n) is 2.34. The Bertz CT molecular complexity index is 531. The van der Waals surface area contributed by atoms with Gasteiger partial charge in [0, 0.05) is 32.7 Å². The van der Waals surface area contributed by atoms with Gasteiger partial charge in [0.1, 0.15) is 5.60 Å². The third-order valence-electron chi connectivity index (χ3n) is 3.47. The van der Waals surface area contributed by atoms with Crippen LogP contribution in [0.3, 0.4) is 0 Å². The first-order valence-corrected chi connectivity index (χ1v) is 7.46. The zero-order chi connectivity index (χ0) is 16.3. The van der Waals surface area contributed by atoms with E-state index in [1.54, 1.807) is 17.0 Å². The van der Waals surface area contributed by atoms with E-state index in [1.807, 2.05) is 20.8 Å². The molecule has 1 aliphatic rings. The SMILES string of the molecule is CC(C)(C)OC(=O)N1CCN(Cc2ccc(O)c(O)c2)CC1. The van der Waals surface area contributed by atoms with Crippen LogP contribution in [0.5, 0.6) is 11.5 Å². The van der Waals surface area contributed by atoms with Crippen molar-refractivity contribution in [2.24, 2.45) is 0 Å². The lowest BCUT2D eigenvalue weighted by Gasteiger charge is -2.35. The van der Waals surface area contributed by atoms with E-state index < -0.39 is 5.60 Å². The van der Waals surface area contributed by atoms with Crippen molar-refractivity contribution in [3.05, 3.63) is 23.8 Å². The first-order chi connectivity index (χ1) is 10.2. The van der Waals surface area contributed by atoms with Gasteiger partial charge in [-0.2, -0.15) is 0 Å². The van der Waals surface area contributed by atoms with Crippen LogP contribution in [0.2, 0.25) is 0 Å². The molecule has 0 aliphatic carbocycles. The summed E-state index contributed by atoms with van der Waals surface area (Å²) in [6.45, 7) is 9.01. The van der Waals surface area contributed by atoms with Gasteiger partial charge in [-0.15, -0.1) is 0 Å². The first kappa shape index (κ1) is 16.4. The van der Waals surface area contributed by atoms with Crippen molar-refractivity contribution in [1.29, 1.82) is 0 Å². The molecule has 2 rings (SSSR count). The molecule has 0 unspecified atom stereocenters. The largest absolute Gasteiger partial charge is 0.504 e. The minimum absolute atomic E-state index is 0.107. The molecule has 1 aliphatic heterocycles. The van der Waals surface area contributed by atoms with E-state index in [0.29, 0.717) is 19.6 Å². The van der Waals surface area contributed by atoms with E-state index in [2.05, 4.69) is 4.90 Å². The Kier molecular flexibility index (Phi) is 4.81. The Balaban J connectivity index is 1.84. The number of carbonyl (C=O) groups is 1. The highest BCUT2D eigenvalue weighted by Gasteiger charge is 2.25. The van der Waals surface area contributed by atoms with Crippen molar-refractivity contribution in [3.8, 4) is 11.5 Å². The number of hydrogen-bond donors (Lipinski definition) is 2. The van der Waals surface area contributed by atoms with Crippen LogP contribution in [-0.2, 0) is 11.3 Å². The Morgan fingerprint density at radius 1 is 1.14 bits per heavy atom. The second kappa shape index (κ2) is 6.44. The molecule has 0 saturated carbocycles. The molecule has 0 spiro atoms. The van der Waals surface area contributed by atoms with Gasteiger partial charge in [0.25, 0.3) is 0 Å². The molecule has 6 heteroatoms. The van der Waals surface area contributed by atoms with Gasteiger partial charge in [0.2, 0.25) is 0 Å². The summed E-state index contributed by atoms with van der Waals surface area (Å²) >= 11 is 0. The third-order valence-corrected chi connectivity index (χ3v) is 3.47. The zero-order valence-electron chi connectivity index (χ0n) is 13.4. The van der Waals surface area contributed by atoms with Crippen molar-refractivity contribution in [3.63, 3.8) is 0 Å². The number of rotatable bonds is 2. The molecule has 1 fully saturated rings. The van der Waals surface area contributed by atoms with Crippen LogP contribution in [0, 0.1) is 0 Å². The van der Waals surface area contributed by atoms with Crippen LogP contribution >= 0.6 is 0 Å². The summed E-state index contributed by atoms with van der Waals surface area (Å²) in [5.41, 5.74) is 0.457. The third kappa shape index (κ3) is 4.53. The van der Waals surface area contributed by atoms with Crippen LogP contribution in [-0.4, -0.2) is 57.9 Å². The minimum atomic E-state index is -0.474. The molecule has 0 atom stereocenters. The molecular weight excluding hydrogens is 284 g/mol. The summed E-state index contributed by atoms with van der Waals surface area (Å²) in [4.78, 5) is 15.9. The topological polar surface area (TPSA) is 73.2 Å². The molecule has 0 radical (unpaired) electrons. The molecule has 1 aromatic rings. The number of phenolic OH excluding ortho intramolecular Hbond substituents is 2. The van der Waals surface area contributed by atoms with Gasteiger partial charge in [-0.05, 0) is 38.5 Å². The van der Waals surface area contributed by atoms with Crippen LogP contribution in [0.1, 0.15) is 26.3 Å². The maximum absolute atomic E-state index is 12.0. The minimum Gasteiger partial charge on any atom is -0.504 e. The highest BCUT2D eigenvalue weighted by molar-refractivity contribution is 5.68. The van der Waals surface area contributed by atoms with Crippen molar-refractivity contribution in [2.75, 3.05) is 26.2 Å². The van der Waals surface area contributed by atoms with Gasteiger partial charge >= 0.3 is 6.09 Å². The standard InChI is InChI=1S/C16H24N2O4/c1-16(2,3)22-15(21)18-8-6-17(7-9-18)11-12-4-5-13(19)14(20)10-12/h4-5,10,19-20H,6-9,11H2,1-3H3. The number of piperazine rings is 1. The summed E-state index contributed by atoms with van der Waals surface area (Å²) in [6, 6.07) is 4.84. The fraction of sp³-hybridized carbons (Fsp3) is 0.562. The number of carbonyl (C=O) groups excluding carboxylic acids is 1. The quantitative estimate of drug-likeness (QED) is 0.819. The van der Waals surface area contributed by atoms with Gasteiger partial charge < -0.3 is 19.8 Å². The normalized spacial score (nSPS) is 16.6. The molecule has 1 saturated heterocycles. The van der Waals surface area contributed by atoms with Gasteiger partial charge in [0.05, 0.1) is 0 Å². The summed E-state index contributed by atoms with van der Waals surface area (Å²) in [6.07, 6.45) is -0.269. The molecule has 1 heterocycles. The molecule has 1 amide bonds. The zero-order valence-corrected chi connectivity index (χ0v) is 13.4. The number of aromatic hydroxyl groups is 2. The lowest BCUT2D eigenvalue weighted by molar-refractivity contribution is 0.0139. The van der Waals surface area contributed by atoms with E-state index in [9.17, 15) is 15.0 Å². The maximum atomic E-state index is 12.0. The highest BCUT2D eigenvalue weighted by atomic mass is 16.6. The van der Waals surface area contributed by atoms with Crippen LogP contribution in [0.25, 0.3) is 0 Å². The van der Waals surface area contributed by atoms with E-state index in [1.165, 1.54) is 6.07 Å². The van der Waals surface area contributed by atoms with Crippen LogP contribution in [0.4, 0.5) is 4.79 Å². The number of phenols is 2. The number of benzene rings is 1. The van der Waals surface area contributed by atoms with Crippen LogP contribution < -0.4 is 0 Å². The number of amides is 1. The second-order valence-corrected chi connectivity index (χ2v) is 6.57. The molecule has 1 aromatic carbocycles. The van der Waals surface area contributed by atoms with Crippen molar-refractivity contribution >= 4 is 6.09 Å². The lowest BCUT2D eigenvalue weighted by atomic mass is 10.1. The van der Waals surface area contributed by atoms with Gasteiger partial charge in [-0.25, -0.2) is 4.79 Å². The average molecular weight is 308 g/mol. The Morgan fingerprint density at radius 3 is 2.32 bits per heavy atom. The summed E-state index contributed by atoms with van der Waals surface area (Å²) in [5, 5.41) is 18.8. The molecule has 6 nitrogen and oxygen atoms in total. The predicted molar refractivity (Wildman–Crippen MR) is 82.9 cm³/mol. The molecular formula is C16H24N2O4. The maximum Gasteiger partial charge on any atom is 0.410 e. The van der Waals surface area contributed by atoms with Gasteiger partial charge in [0.15, 0.2) is 11.5 Å². The van der Waals surface area contributed by atoms with E-state index in [-0.39, 0.29) is 17.6 Å². The summed E-state index contributed by atoms with van der Waals surface area (Å²) in [5.74, 6) is -0.219. The van der Waals surface area contributed by atoms with E-state index in [0.717, 1.165) is 18.7 Å². The summed E-state index contributed by atoms with van der Waals surface area (Å²) < 4.78 is 5.37. The van der Waals surface area contributed by atoms with Crippen molar-refractivity contribution in [2.45, 2.75) is 32.9 Å². The van der Waals surface area contributed by atoms with Crippen molar-refractivity contribution in [1.82, 2.24) is 9.80 Å².